The molecule has 18 heavy (non-hydrogen) atoms. The number of aliphatic carboxylic acids is 1. The molecule has 102 valence electrons. The molecule has 1 unspecified atom stereocenters. The molecular weight excluding hydrogens is 275 g/mol. The standard InChI is InChI=1S/C12H16N2O2.2ClH/c13-10(12(15)16)8-14-7-3-5-9-4-1-2-6-11(9)14;;/h1-2,4,6,10H,3,5,7-8,13H2,(H,15,16);2*1H. The number of aryl methyl sites for hydroxylation is 1. The van der Waals surface area contributed by atoms with Crippen LogP contribution in [0.3, 0.4) is 0 Å². The molecule has 0 spiro atoms. The van der Waals surface area contributed by atoms with E-state index in [2.05, 4.69) is 11.0 Å². The predicted molar refractivity (Wildman–Crippen MR) is 77.1 cm³/mol. The molecule has 0 saturated carbocycles. The second kappa shape index (κ2) is 7.46. The Kier molecular flexibility index (Phi) is 7.06. The summed E-state index contributed by atoms with van der Waals surface area (Å²) < 4.78 is 0. The third-order valence-corrected chi connectivity index (χ3v) is 2.94. The summed E-state index contributed by atoms with van der Waals surface area (Å²) >= 11 is 0. The van der Waals surface area contributed by atoms with Crippen molar-refractivity contribution in [2.75, 3.05) is 18.0 Å². The highest BCUT2D eigenvalue weighted by Crippen LogP contribution is 2.26. The van der Waals surface area contributed by atoms with Crippen molar-refractivity contribution in [3.63, 3.8) is 0 Å². The van der Waals surface area contributed by atoms with Gasteiger partial charge in [0, 0.05) is 18.8 Å². The molecule has 6 heteroatoms. The minimum Gasteiger partial charge on any atom is -0.480 e. The van der Waals surface area contributed by atoms with E-state index in [1.165, 1.54) is 5.56 Å². The van der Waals surface area contributed by atoms with Gasteiger partial charge in [-0.2, -0.15) is 0 Å². The van der Waals surface area contributed by atoms with Gasteiger partial charge in [0.05, 0.1) is 0 Å². The lowest BCUT2D eigenvalue weighted by atomic mass is 10.0. The summed E-state index contributed by atoms with van der Waals surface area (Å²) in [5.41, 5.74) is 7.98. The third kappa shape index (κ3) is 3.77. The van der Waals surface area contributed by atoms with Gasteiger partial charge in [0.1, 0.15) is 6.04 Å². The normalized spacial score (nSPS) is 14.8. The third-order valence-electron chi connectivity index (χ3n) is 2.94. The molecule has 0 amide bonds. The fourth-order valence-electron chi connectivity index (χ4n) is 2.12. The molecule has 2 rings (SSSR count). The van der Waals surface area contributed by atoms with Crippen LogP contribution in [-0.2, 0) is 11.2 Å². The largest absolute Gasteiger partial charge is 0.480 e. The van der Waals surface area contributed by atoms with Crippen molar-refractivity contribution in [3.8, 4) is 0 Å². The Morgan fingerprint density at radius 2 is 2.06 bits per heavy atom. The molecule has 3 N–H and O–H groups in total. The summed E-state index contributed by atoms with van der Waals surface area (Å²) in [6.07, 6.45) is 2.12. The smallest absolute Gasteiger partial charge is 0.322 e. The Bertz CT molecular complexity index is 401. The lowest BCUT2D eigenvalue weighted by Crippen LogP contribution is -2.44. The van der Waals surface area contributed by atoms with E-state index < -0.39 is 12.0 Å². The molecule has 1 atom stereocenters. The average molecular weight is 293 g/mol. The lowest BCUT2D eigenvalue weighted by molar-refractivity contribution is -0.138. The van der Waals surface area contributed by atoms with Gasteiger partial charge in [0.25, 0.3) is 0 Å². The fourth-order valence-corrected chi connectivity index (χ4v) is 2.12. The summed E-state index contributed by atoms with van der Waals surface area (Å²) in [6.45, 7) is 1.27. The van der Waals surface area contributed by atoms with E-state index in [0.29, 0.717) is 6.54 Å². The van der Waals surface area contributed by atoms with Crippen LogP contribution in [0.5, 0.6) is 0 Å². The second-order valence-electron chi connectivity index (χ2n) is 4.12. The van der Waals surface area contributed by atoms with Gasteiger partial charge in [-0.3, -0.25) is 4.79 Å². The van der Waals surface area contributed by atoms with Gasteiger partial charge < -0.3 is 15.7 Å². The maximum Gasteiger partial charge on any atom is 0.322 e. The Hall–Kier alpha value is -0.970. The highest BCUT2D eigenvalue weighted by Gasteiger charge is 2.21. The van der Waals surface area contributed by atoms with Gasteiger partial charge in [-0.1, -0.05) is 18.2 Å². The number of carbonyl (C=O) groups is 1. The Labute approximate surface area is 119 Å². The second-order valence-corrected chi connectivity index (χ2v) is 4.12. The SMILES string of the molecule is Cl.Cl.NC(CN1CCCc2ccccc21)C(=O)O. The first kappa shape index (κ1) is 17.0. The number of hydrogen-bond donors (Lipinski definition) is 2. The molecule has 0 aliphatic carbocycles. The molecule has 4 nitrogen and oxygen atoms in total. The first-order valence-electron chi connectivity index (χ1n) is 5.49. The molecule has 1 heterocycles. The Morgan fingerprint density at radius 1 is 1.39 bits per heavy atom. The molecule has 1 aromatic carbocycles. The van der Waals surface area contributed by atoms with Crippen LogP contribution >= 0.6 is 24.8 Å². The maximum absolute atomic E-state index is 10.7. The average Bonchev–Trinajstić information content (AvgIpc) is 2.29. The van der Waals surface area contributed by atoms with Crippen molar-refractivity contribution in [3.05, 3.63) is 29.8 Å². The minimum absolute atomic E-state index is 0. The topological polar surface area (TPSA) is 66.6 Å². The van der Waals surface area contributed by atoms with Crippen LogP contribution < -0.4 is 10.6 Å². The van der Waals surface area contributed by atoms with Gasteiger partial charge in [-0.25, -0.2) is 0 Å². The van der Waals surface area contributed by atoms with Crippen molar-refractivity contribution >= 4 is 36.5 Å². The van der Waals surface area contributed by atoms with Crippen LogP contribution in [0, 0.1) is 0 Å². The zero-order valence-electron chi connectivity index (χ0n) is 9.91. The van der Waals surface area contributed by atoms with Gasteiger partial charge in [-0.05, 0) is 24.5 Å². The number of carboxylic acids is 1. The number of benzene rings is 1. The van der Waals surface area contributed by atoms with Crippen LogP contribution in [-0.4, -0.2) is 30.2 Å². The number of hydrogen-bond acceptors (Lipinski definition) is 3. The van der Waals surface area contributed by atoms with Crippen molar-refractivity contribution in [1.82, 2.24) is 0 Å². The number of halogens is 2. The maximum atomic E-state index is 10.7. The number of nitrogens with zero attached hydrogens (tertiary/aromatic N) is 1. The van der Waals surface area contributed by atoms with Gasteiger partial charge in [0.2, 0.25) is 0 Å². The van der Waals surface area contributed by atoms with E-state index in [4.69, 9.17) is 10.8 Å². The summed E-state index contributed by atoms with van der Waals surface area (Å²) in [5, 5.41) is 8.81. The Balaban J connectivity index is 0.00000144. The number of para-hydroxylation sites is 1. The van der Waals surface area contributed by atoms with Crippen molar-refractivity contribution in [1.29, 1.82) is 0 Å². The molecule has 0 aromatic heterocycles. The van der Waals surface area contributed by atoms with Crippen LogP contribution in [0.1, 0.15) is 12.0 Å². The van der Waals surface area contributed by atoms with Crippen LogP contribution in [0.2, 0.25) is 0 Å². The van der Waals surface area contributed by atoms with Crippen LogP contribution in [0.4, 0.5) is 5.69 Å². The first-order chi connectivity index (χ1) is 7.68. The summed E-state index contributed by atoms with van der Waals surface area (Å²) in [5.74, 6) is -0.942. The molecule has 0 radical (unpaired) electrons. The highest BCUT2D eigenvalue weighted by atomic mass is 35.5. The van der Waals surface area contributed by atoms with Gasteiger partial charge in [-0.15, -0.1) is 24.8 Å². The van der Waals surface area contributed by atoms with Crippen molar-refractivity contribution in [2.24, 2.45) is 5.73 Å². The number of anilines is 1. The number of fused-ring (bicyclic) bond motifs is 1. The van der Waals surface area contributed by atoms with E-state index >= 15 is 0 Å². The van der Waals surface area contributed by atoms with E-state index in [-0.39, 0.29) is 24.8 Å². The molecular formula is C12H18Cl2N2O2. The van der Waals surface area contributed by atoms with Gasteiger partial charge >= 0.3 is 5.97 Å². The quantitative estimate of drug-likeness (QED) is 0.890. The van der Waals surface area contributed by atoms with Crippen molar-refractivity contribution < 1.29 is 9.90 Å². The molecule has 1 aliphatic rings. The zero-order chi connectivity index (χ0) is 11.5. The molecule has 1 aromatic rings. The van der Waals surface area contributed by atoms with Crippen molar-refractivity contribution in [2.45, 2.75) is 18.9 Å². The number of nitrogens with two attached hydrogens (primary N) is 1. The fraction of sp³-hybridized carbons (Fsp3) is 0.417. The first-order valence-corrected chi connectivity index (χ1v) is 5.49. The minimum atomic E-state index is -0.942. The molecule has 0 fully saturated rings. The predicted octanol–water partition coefficient (Wildman–Crippen LogP) is 1.69. The summed E-state index contributed by atoms with van der Waals surface area (Å²) in [6, 6.07) is 7.30. The number of rotatable bonds is 3. The van der Waals surface area contributed by atoms with E-state index in [0.717, 1.165) is 25.1 Å². The van der Waals surface area contributed by atoms with Gasteiger partial charge in [0.15, 0.2) is 0 Å². The van der Waals surface area contributed by atoms with E-state index in [1.54, 1.807) is 0 Å². The van der Waals surface area contributed by atoms with E-state index in [1.807, 2.05) is 18.2 Å². The van der Waals surface area contributed by atoms with Crippen LogP contribution in [0.25, 0.3) is 0 Å². The molecule has 0 bridgehead atoms. The monoisotopic (exact) mass is 292 g/mol. The molecule has 0 saturated heterocycles. The summed E-state index contributed by atoms with van der Waals surface area (Å²) in [7, 11) is 0. The zero-order valence-corrected chi connectivity index (χ0v) is 11.5. The van der Waals surface area contributed by atoms with E-state index in [9.17, 15) is 4.79 Å². The number of carboxylic acid groups (broad SMARTS) is 1. The summed E-state index contributed by atoms with van der Waals surface area (Å²) in [4.78, 5) is 12.8. The highest BCUT2D eigenvalue weighted by molar-refractivity contribution is 5.85. The Morgan fingerprint density at radius 3 is 2.72 bits per heavy atom. The molecule has 1 aliphatic heterocycles. The lowest BCUT2D eigenvalue weighted by Gasteiger charge is -2.32. The van der Waals surface area contributed by atoms with Crippen LogP contribution in [0.15, 0.2) is 24.3 Å².